The van der Waals surface area contributed by atoms with Crippen molar-refractivity contribution < 1.29 is 47.6 Å². The number of hydrogen-bond acceptors (Lipinski definition) is 10. The van der Waals surface area contributed by atoms with Crippen LogP contribution >= 0.6 is 0 Å². The summed E-state index contributed by atoms with van der Waals surface area (Å²) in [7, 11) is 1.57. The third-order valence-electron chi connectivity index (χ3n) is 11.0. The number of carbonyl (C=O) groups is 4. The van der Waals surface area contributed by atoms with E-state index in [2.05, 4.69) is 6.92 Å². The van der Waals surface area contributed by atoms with Gasteiger partial charge in [0.25, 0.3) is 0 Å². The normalized spacial score (nSPS) is 42.4. The predicted molar refractivity (Wildman–Crippen MR) is 142 cm³/mol. The molecule has 0 amide bonds. The smallest absolute Gasteiger partial charge is 0.338 e. The van der Waals surface area contributed by atoms with E-state index in [0.29, 0.717) is 24.3 Å². The standard InChI is InChI=1S/C31H38O10/c1-14-9-22(39-16(3)32)28(34)31(5)18(14)11-23-30(4)19(12-24(33)40-23)15(2)25(36-6)26(27(30)31)41-29(35)17-7-8-20-21(10-17)38-13-37-20/h7-8,10,14-15,18-19,22-23,25-27H,9,11-13H2,1-6H3/t14-,15-,18+,19+,22+,23-,25+,26-,27+,30-,31+/m1/s1. The molecule has 1 aromatic rings. The molecule has 4 fully saturated rings. The van der Waals surface area contributed by atoms with Crippen LogP contribution in [0.5, 0.6) is 11.5 Å². The Morgan fingerprint density at radius 1 is 0.976 bits per heavy atom. The topological polar surface area (TPSA) is 124 Å². The molecule has 0 spiro atoms. The van der Waals surface area contributed by atoms with E-state index in [0.717, 1.165) is 0 Å². The van der Waals surface area contributed by atoms with Crippen LogP contribution in [0.4, 0.5) is 0 Å². The molecule has 3 saturated carbocycles. The summed E-state index contributed by atoms with van der Waals surface area (Å²) in [6.07, 6.45) is -1.70. The number of Topliss-reactive ketones (excluding diaryl/α,β-unsaturated/α-hetero) is 1. The van der Waals surface area contributed by atoms with Crippen molar-refractivity contribution in [2.24, 2.45) is 40.4 Å². The Kier molecular flexibility index (Phi) is 6.63. The maximum absolute atomic E-state index is 14.5. The van der Waals surface area contributed by atoms with Gasteiger partial charge in [-0.3, -0.25) is 14.4 Å². The van der Waals surface area contributed by atoms with Crippen molar-refractivity contribution >= 4 is 23.7 Å². The molecular weight excluding hydrogens is 532 g/mol. The van der Waals surface area contributed by atoms with Gasteiger partial charge in [0.15, 0.2) is 23.4 Å². The molecule has 1 aromatic carbocycles. The molecule has 3 aliphatic carbocycles. The summed E-state index contributed by atoms with van der Waals surface area (Å²) in [5.74, 6) is -1.63. The first-order chi connectivity index (χ1) is 19.4. The third kappa shape index (κ3) is 4.00. The molecule has 10 nitrogen and oxygen atoms in total. The summed E-state index contributed by atoms with van der Waals surface area (Å²) < 4.78 is 34.9. The van der Waals surface area contributed by atoms with Gasteiger partial charge in [0, 0.05) is 37.2 Å². The molecular formula is C31H38O10. The van der Waals surface area contributed by atoms with Crippen LogP contribution in [-0.4, -0.2) is 62.0 Å². The van der Waals surface area contributed by atoms with Crippen LogP contribution in [0.15, 0.2) is 18.2 Å². The summed E-state index contributed by atoms with van der Waals surface area (Å²) in [6.45, 7) is 9.43. The van der Waals surface area contributed by atoms with Gasteiger partial charge < -0.3 is 28.4 Å². The van der Waals surface area contributed by atoms with Crippen molar-refractivity contribution in [1.82, 2.24) is 0 Å². The van der Waals surface area contributed by atoms with E-state index in [-0.39, 0.29) is 54.2 Å². The van der Waals surface area contributed by atoms with Crippen LogP contribution in [0.1, 0.15) is 64.2 Å². The highest BCUT2D eigenvalue weighted by atomic mass is 16.7. The van der Waals surface area contributed by atoms with Crippen LogP contribution < -0.4 is 9.47 Å². The van der Waals surface area contributed by atoms with Gasteiger partial charge in [0.05, 0.1) is 11.7 Å². The Morgan fingerprint density at radius 3 is 2.41 bits per heavy atom. The first-order valence-corrected chi connectivity index (χ1v) is 14.5. The fraction of sp³-hybridized carbons (Fsp3) is 0.677. The number of ether oxygens (including phenoxy) is 6. The number of carbonyl (C=O) groups excluding carboxylic acids is 4. The summed E-state index contributed by atoms with van der Waals surface area (Å²) >= 11 is 0. The number of fused-ring (bicyclic) bond motifs is 3. The fourth-order valence-corrected chi connectivity index (χ4v) is 9.34. The molecule has 6 rings (SSSR count). The molecule has 1 saturated heterocycles. The zero-order chi connectivity index (χ0) is 29.4. The number of benzene rings is 1. The maximum atomic E-state index is 14.5. The lowest BCUT2D eigenvalue weighted by atomic mass is 9.37. The second-order valence-electron chi connectivity index (χ2n) is 12.9. The molecule has 2 heterocycles. The molecule has 0 N–H and O–H groups in total. The zero-order valence-electron chi connectivity index (χ0n) is 24.3. The number of esters is 3. The first-order valence-electron chi connectivity index (χ1n) is 14.5. The van der Waals surface area contributed by atoms with Crippen molar-refractivity contribution in [2.75, 3.05) is 13.9 Å². The van der Waals surface area contributed by atoms with Crippen molar-refractivity contribution in [1.29, 1.82) is 0 Å². The molecule has 5 aliphatic rings. The van der Waals surface area contributed by atoms with E-state index < -0.39 is 53.1 Å². The molecule has 0 radical (unpaired) electrons. The lowest BCUT2D eigenvalue weighted by Crippen LogP contribution is -2.75. The maximum Gasteiger partial charge on any atom is 0.338 e. The Balaban J connectivity index is 1.47. The van der Waals surface area contributed by atoms with Crippen LogP contribution in [0, 0.1) is 40.4 Å². The molecule has 0 aromatic heterocycles. The first kappa shape index (κ1) is 28.0. The SMILES string of the molecule is CO[C@H]1[C@H](C)[C@@H]2CC(=O)O[C@@H]3C[C@H]4[C@H](C)C[C@H](OC(C)=O)C(=O)[C@]4(C)[C@@H]([C@@H]1OC(=O)c1ccc4c(c1)OCO4)[C@@]32C. The quantitative estimate of drug-likeness (QED) is 0.391. The van der Waals surface area contributed by atoms with Gasteiger partial charge in [-0.05, 0) is 54.7 Å². The summed E-state index contributed by atoms with van der Waals surface area (Å²) in [5.41, 5.74) is -1.45. The minimum atomic E-state index is -1.04. The van der Waals surface area contributed by atoms with Crippen molar-refractivity contribution in [3.63, 3.8) is 0 Å². The average molecular weight is 571 g/mol. The largest absolute Gasteiger partial charge is 0.462 e. The van der Waals surface area contributed by atoms with E-state index in [4.69, 9.17) is 28.4 Å². The minimum Gasteiger partial charge on any atom is -0.462 e. The fourth-order valence-electron chi connectivity index (χ4n) is 9.34. The van der Waals surface area contributed by atoms with E-state index in [1.54, 1.807) is 25.3 Å². The van der Waals surface area contributed by atoms with Crippen molar-refractivity contribution in [2.45, 2.75) is 78.3 Å². The van der Waals surface area contributed by atoms with Gasteiger partial charge in [-0.25, -0.2) is 4.79 Å². The summed E-state index contributed by atoms with van der Waals surface area (Å²) in [4.78, 5) is 53.1. The molecule has 0 unspecified atom stereocenters. The number of rotatable bonds is 4. The molecule has 0 bridgehead atoms. The zero-order valence-corrected chi connectivity index (χ0v) is 24.3. The average Bonchev–Trinajstić information content (AvgIpc) is 3.38. The predicted octanol–water partition coefficient (Wildman–Crippen LogP) is 3.73. The highest BCUT2D eigenvalue weighted by molar-refractivity contribution is 5.93. The summed E-state index contributed by atoms with van der Waals surface area (Å²) in [6, 6.07) is 4.87. The Labute approximate surface area is 239 Å². The van der Waals surface area contributed by atoms with E-state index >= 15 is 0 Å². The van der Waals surface area contributed by atoms with Crippen LogP contribution in [0.25, 0.3) is 0 Å². The molecule has 2 aliphatic heterocycles. The Morgan fingerprint density at radius 2 is 1.71 bits per heavy atom. The van der Waals surface area contributed by atoms with E-state index in [1.807, 2.05) is 20.8 Å². The van der Waals surface area contributed by atoms with Crippen LogP contribution in [0.3, 0.4) is 0 Å². The minimum absolute atomic E-state index is 0.0174. The van der Waals surface area contributed by atoms with Gasteiger partial charge in [-0.15, -0.1) is 0 Å². The second-order valence-corrected chi connectivity index (χ2v) is 12.9. The lowest BCUT2D eigenvalue weighted by Gasteiger charge is -2.69. The van der Waals surface area contributed by atoms with Crippen LogP contribution in [-0.2, 0) is 33.3 Å². The molecule has 11 atom stereocenters. The Hall–Kier alpha value is -3.14. The monoisotopic (exact) mass is 570 g/mol. The summed E-state index contributed by atoms with van der Waals surface area (Å²) in [5, 5.41) is 0. The second kappa shape index (κ2) is 9.71. The number of ketones is 1. The third-order valence-corrected chi connectivity index (χ3v) is 11.0. The van der Waals surface area contributed by atoms with Gasteiger partial charge in [-0.1, -0.05) is 27.7 Å². The van der Waals surface area contributed by atoms with Gasteiger partial charge in [0.2, 0.25) is 6.79 Å². The number of hydrogen-bond donors (Lipinski definition) is 0. The van der Waals surface area contributed by atoms with Crippen LogP contribution in [0.2, 0.25) is 0 Å². The van der Waals surface area contributed by atoms with Gasteiger partial charge in [0.1, 0.15) is 12.2 Å². The molecule has 41 heavy (non-hydrogen) atoms. The lowest BCUT2D eigenvalue weighted by molar-refractivity contribution is -0.285. The molecule has 10 heteroatoms. The van der Waals surface area contributed by atoms with Crippen molar-refractivity contribution in [3.8, 4) is 11.5 Å². The number of methoxy groups -OCH3 is 1. The highest BCUT2D eigenvalue weighted by Gasteiger charge is 2.74. The van der Waals surface area contributed by atoms with E-state index in [1.165, 1.54) is 6.92 Å². The van der Waals surface area contributed by atoms with Crippen molar-refractivity contribution in [3.05, 3.63) is 23.8 Å². The highest BCUT2D eigenvalue weighted by Crippen LogP contribution is 2.69. The van der Waals surface area contributed by atoms with Gasteiger partial charge in [-0.2, -0.15) is 0 Å². The van der Waals surface area contributed by atoms with Gasteiger partial charge >= 0.3 is 17.9 Å². The van der Waals surface area contributed by atoms with E-state index in [9.17, 15) is 19.2 Å². The molecule has 222 valence electrons. The Bertz CT molecular complexity index is 1290.